The number of benzene rings is 2. The van der Waals surface area contributed by atoms with Crippen LogP contribution in [-0.2, 0) is 19.4 Å². The summed E-state index contributed by atoms with van der Waals surface area (Å²) in [6.45, 7) is 1.42. The SMILES string of the molecule is CCN(C(=O)COC(=O)c1cc(O)c2ccccc2c1O)[C@@H]1CCS(=O)(=O)C1. The molecule has 1 atom stereocenters. The van der Waals surface area contributed by atoms with Gasteiger partial charge in [-0.05, 0) is 19.4 Å². The third kappa shape index (κ3) is 3.89. The molecule has 1 aliphatic heterocycles. The molecular weight excluding hydrogens is 386 g/mol. The Labute approximate surface area is 162 Å². The summed E-state index contributed by atoms with van der Waals surface area (Å²) < 4.78 is 28.3. The van der Waals surface area contributed by atoms with Crippen LogP contribution < -0.4 is 0 Å². The number of aromatic hydroxyl groups is 2. The number of ether oxygens (including phenoxy) is 1. The highest BCUT2D eigenvalue weighted by Gasteiger charge is 2.34. The van der Waals surface area contributed by atoms with Crippen LogP contribution in [0.4, 0.5) is 0 Å². The van der Waals surface area contributed by atoms with E-state index in [0.717, 1.165) is 6.07 Å². The molecule has 8 nitrogen and oxygen atoms in total. The molecule has 1 fully saturated rings. The van der Waals surface area contributed by atoms with Crippen LogP contribution in [0.25, 0.3) is 10.8 Å². The van der Waals surface area contributed by atoms with Crippen molar-refractivity contribution in [3.8, 4) is 11.5 Å². The van der Waals surface area contributed by atoms with Crippen molar-refractivity contribution in [1.82, 2.24) is 4.90 Å². The van der Waals surface area contributed by atoms with Crippen molar-refractivity contribution in [2.45, 2.75) is 19.4 Å². The van der Waals surface area contributed by atoms with Crippen molar-refractivity contribution in [2.75, 3.05) is 24.7 Å². The molecule has 0 spiro atoms. The number of esters is 1. The molecule has 0 aromatic heterocycles. The molecule has 1 aliphatic rings. The molecule has 9 heteroatoms. The molecule has 150 valence electrons. The molecule has 3 rings (SSSR count). The third-order valence-corrected chi connectivity index (χ3v) is 6.60. The molecule has 0 aliphatic carbocycles. The predicted octanol–water partition coefficient (Wildman–Crippen LogP) is 1.44. The van der Waals surface area contributed by atoms with E-state index in [1.54, 1.807) is 31.2 Å². The van der Waals surface area contributed by atoms with Crippen LogP contribution in [0.3, 0.4) is 0 Å². The van der Waals surface area contributed by atoms with Gasteiger partial charge in [0.1, 0.15) is 17.1 Å². The first kappa shape index (κ1) is 19.9. The highest BCUT2D eigenvalue weighted by molar-refractivity contribution is 7.91. The van der Waals surface area contributed by atoms with Crippen LogP contribution in [-0.4, -0.2) is 66.1 Å². The zero-order chi connectivity index (χ0) is 20.5. The summed E-state index contributed by atoms with van der Waals surface area (Å²) in [5, 5.41) is 21.1. The second kappa shape index (κ2) is 7.67. The molecule has 1 amide bonds. The number of phenols is 2. The van der Waals surface area contributed by atoms with E-state index in [-0.39, 0.29) is 34.0 Å². The van der Waals surface area contributed by atoms with Gasteiger partial charge in [-0.25, -0.2) is 13.2 Å². The fraction of sp³-hybridized carbons (Fsp3) is 0.368. The quantitative estimate of drug-likeness (QED) is 0.568. The number of fused-ring (bicyclic) bond motifs is 1. The maximum absolute atomic E-state index is 12.4. The summed E-state index contributed by atoms with van der Waals surface area (Å²) in [6, 6.07) is 7.13. The van der Waals surface area contributed by atoms with Crippen LogP contribution in [0, 0.1) is 0 Å². The Morgan fingerprint density at radius 1 is 1.21 bits per heavy atom. The van der Waals surface area contributed by atoms with Crippen LogP contribution in [0.15, 0.2) is 30.3 Å². The van der Waals surface area contributed by atoms with Gasteiger partial charge in [-0.2, -0.15) is 0 Å². The van der Waals surface area contributed by atoms with Gasteiger partial charge >= 0.3 is 5.97 Å². The number of hydrogen-bond donors (Lipinski definition) is 2. The van der Waals surface area contributed by atoms with Crippen molar-refractivity contribution in [3.63, 3.8) is 0 Å². The summed E-state index contributed by atoms with van der Waals surface area (Å²) in [4.78, 5) is 26.1. The molecule has 2 aromatic carbocycles. The highest BCUT2D eigenvalue weighted by Crippen LogP contribution is 2.35. The monoisotopic (exact) mass is 407 g/mol. The summed E-state index contributed by atoms with van der Waals surface area (Å²) in [7, 11) is -3.15. The molecule has 28 heavy (non-hydrogen) atoms. The van der Waals surface area contributed by atoms with E-state index in [1.165, 1.54) is 4.90 Å². The maximum atomic E-state index is 12.4. The van der Waals surface area contributed by atoms with Crippen LogP contribution in [0.1, 0.15) is 23.7 Å². The zero-order valence-corrected chi connectivity index (χ0v) is 16.1. The van der Waals surface area contributed by atoms with Crippen molar-refractivity contribution in [1.29, 1.82) is 0 Å². The molecule has 2 N–H and O–H groups in total. The van der Waals surface area contributed by atoms with Gasteiger partial charge < -0.3 is 19.8 Å². The first-order valence-electron chi connectivity index (χ1n) is 8.84. The number of amides is 1. The normalized spacial score (nSPS) is 18.1. The third-order valence-electron chi connectivity index (χ3n) is 4.85. The molecule has 2 aromatic rings. The van der Waals surface area contributed by atoms with Crippen molar-refractivity contribution >= 4 is 32.5 Å². The van der Waals surface area contributed by atoms with Gasteiger partial charge in [0, 0.05) is 23.4 Å². The Hall–Kier alpha value is -2.81. The van der Waals surface area contributed by atoms with Crippen molar-refractivity contribution < 1.29 is 33.0 Å². The van der Waals surface area contributed by atoms with E-state index in [4.69, 9.17) is 4.74 Å². The van der Waals surface area contributed by atoms with E-state index < -0.39 is 34.4 Å². The predicted molar refractivity (Wildman–Crippen MR) is 102 cm³/mol. The molecule has 0 saturated carbocycles. The molecule has 1 heterocycles. The average Bonchev–Trinajstić information content (AvgIpc) is 3.02. The fourth-order valence-electron chi connectivity index (χ4n) is 3.44. The first-order chi connectivity index (χ1) is 13.2. The Morgan fingerprint density at radius 3 is 2.50 bits per heavy atom. The van der Waals surface area contributed by atoms with Gasteiger partial charge in [0.05, 0.1) is 11.5 Å². The Morgan fingerprint density at radius 2 is 1.89 bits per heavy atom. The van der Waals surface area contributed by atoms with Gasteiger partial charge in [0.25, 0.3) is 5.91 Å². The Kier molecular flexibility index (Phi) is 5.46. The van der Waals surface area contributed by atoms with Gasteiger partial charge in [-0.1, -0.05) is 24.3 Å². The first-order valence-corrected chi connectivity index (χ1v) is 10.7. The largest absolute Gasteiger partial charge is 0.507 e. The van der Waals surface area contributed by atoms with E-state index in [2.05, 4.69) is 0 Å². The van der Waals surface area contributed by atoms with E-state index >= 15 is 0 Å². The number of carbonyl (C=O) groups is 2. The smallest absolute Gasteiger partial charge is 0.342 e. The number of sulfone groups is 1. The standard InChI is InChI=1S/C19H21NO7S/c1-2-20(12-7-8-28(25,26)11-12)17(22)10-27-19(24)15-9-16(21)13-5-3-4-6-14(13)18(15)23/h3-6,9,12,21,23H,2,7-8,10-11H2,1H3/t12-/m1/s1. The minimum atomic E-state index is -3.15. The van der Waals surface area contributed by atoms with E-state index in [0.29, 0.717) is 18.4 Å². The summed E-state index contributed by atoms with van der Waals surface area (Å²) in [6.07, 6.45) is 0.356. The van der Waals surface area contributed by atoms with Crippen molar-refractivity contribution in [3.05, 3.63) is 35.9 Å². The summed E-state index contributed by atoms with van der Waals surface area (Å²) in [5.41, 5.74) is -0.254. The lowest BCUT2D eigenvalue weighted by Gasteiger charge is -2.26. The lowest BCUT2D eigenvalue weighted by molar-refractivity contribution is -0.136. The summed E-state index contributed by atoms with van der Waals surface area (Å²) >= 11 is 0. The van der Waals surface area contributed by atoms with E-state index in [9.17, 15) is 28.2 Å². The number of phenolic OH excluding ortho intramolecular Hbond substituents is 2. The maximum Gasteiger partial charge on any atom is 0.342 e. The lowest BCUT2D eigenvalue weighted by atomic mass is 10.0. The fourth-order valence-corrected chi connectivity index (χ4v) is 5.17. The number of carbonyl (C=O) groups excluding carboxylic acids is 2. The lowest BCUT2D eigenvalue weighted by Crippen LogP contribution is -2.43. The van der Waals surface area contributed by atoms with Gasteiger partial charge in [-0.15, -0.1) is 0 Å². The van der Waals surface area contributed by atoms with Crippen LogP contribution in [0.5, 0.6) is 11.5 Å². The Bertz CT molecular complexity index is 1030. The number of hydrogen-bond acceptors (Lipinski definition) is 7. The molecular formula is C19H21NO7S. The topological polar surface area (TPSA) is 121 Å². The zero-order valence-electron chi connectivity index (χ0n) is 15.3. The Balaban J connectivity index is 1.72. The number of nitrogens with zero attached hydrogens (tertiary/aromatic N) is 1. The van der Waals surface area contributed by atoms with Gasteiger partial charge in [-0.3, -0.25) is 4.79 Å². The van der Waals surface area contributed by atoms with Crippen LogP contribution in [0.2, 0.25) is 0 Å². The van der Waals surface area contributed by atoms with Gasteiger partial charge in [0.15, 0.2) is 16.4 Å². The number of rotatable bonds is 5. The minimum absolute atomic E-state index is 0.0332. The summed E-state index contributed by atoms with van der Waals surface area (Å²) in [5.74, 6) is -2.08. The minimum Gasteiger partial charge on any atom is -0.507 e. The van der Waals surface area contributed by atoms with Crippen molar-refractivity contribution in [2.24, 2.45) is 0 Å². The molecule has 0 radical (unpaired) electrons. The molecule has 0 unspecified atom stereocenters. The number of likely N-dealkylation sites (N-methyl/N-ethyl adjacent to an activating group) is 1. The second-order valence-electron chi connectivity index (χ2n) is 6.65. The van der Waals surface area contributed by atoms with Gasteiger partial charge in [0.2, 0.25) is 0 Å². The highest BCUT2D eigenvalue weighted by atomic mass is 32.2. The van der Waals surface area contributed by atoms with Crippen LogP contribution >= 0.6 is 0 Å². The molecule has 1 saturated heterocycles. The molecule has 0 bridgehead atoms. The van der Waals surface area contributed by atoms with E-state index in [1.807, 2.05) is 0 Å². The average molecular weight is 407 g/mol. The second-order valence-corrected chi connectivity index (χ2v) is 8.88.